The van der Waals surface area contributed by atoms with Crippen LogP contribution in [0.3, 0.4) is 0 Å². The molecule has 0 saturated carbocycles. The molecule has 2 aliphatic rings. The van der Waals surface area contributed by atoms with Gasteiger partial charge in [0.25, 0.3) is 11.8 Å². The van der Waals surface area contributed by atoms with E-state index in [1.54, 1.807) is 98.7 Å². The normalized spacial score (nSPS) is 15.9. The molecule has 0 bridgehead atoms. The van der Waals surface area contributed by atoms with Gasteiger partial charge in [-0.2, -0.15) is 0 Å². The molecular formula is C89H145N13O25. The summed E-state index contributed by atoms with van der Waals surface area (Å²) < 4.78 is 61.2. The number of ether oxygens (including phenoxy) is 11. The third-order valence-electron chi connectivity index (χ3n) is 22.0. The summed E-state index contributed by atoms with van der Waals surface area (Å²) >= 11 is 0. The monoisotopic (exact) mass is 1800 g/mol. The number of primary amides is 1. The molecule has 1 saturated heterocycles. The molecule has 2 aromatic carbocycles. The Balaban J connectivity index is 1.34. The van der Waals surface area contributed by atoms with E-state index in [0.717, 1.165) is 14.7 Å². The SMILES string of the molecule is CC[C@H](C)[C@@H]([C@@H](CC(=O)N1CCC[C@H]1[C@H](OC)[C@@H](C)C(=O)N[C@H](C)[C@@H](O)c1ccccc1)OC)N(C)C(=O)[C@@H](NC(=O)[C@H](C(C)C)N(C)C(=O)OCc1ccc(NC(=O)[C@H](CCCNC(N)=O)NC(=O)[C@@H](NC(=O)CN(CC(=O)NCCOCCOCCOCCOCCOCCOCCOCCOC)C(=O)CCCCCN2C(=O)C=CC2=O)C(C)C)cc1)C(C)C. The molecule has 38 nitrogen and oxygen atoms in total. The van der Waals surface area contributed by atoms with Crippen LogP contribution in [0, 0.1) is 29.6 Å². The van der Waals surface area contributed by atoms with Crippen LogP contribution in [-0.2, 0) is 111 Å². The molecular weight excluding hydrogens is 1650 g/mol. The van der Waals surface area contributed by atoms with Gasteiger partial charge in [-0.15, -0.1) is 0 Å². The Kier molecular flexibility index (Phi) is 53.0. The van der Waals surface area contributed by atoms with Crippen LogP contribution in [0.4, 0.5) is 15.3 Å². The van der Waals surface area contributed by atoms with Gasteiger partial charge in [0.1, 0.15) is 43.9 Å². The quantitative estimate of drug-likeness (QED) is 0.0336. The largest absolute Gasteiger partial charge is 0.445 e. The minimum atomic E-state index is -1.29. The van der Waals surface area contributed by atoms with Crippen molar-refractivity contribution in [2.75, 3.05) is 179 Å². The Morgan fingerprint density at radius 2 is 1.13 bits per heavy atom. The molecule has 1 fully saturated rings. The lowest BCUT2D eigenvalue weighted by molar-refractivity contribution is -0.148. The van der Waals surface area contributed by atoms with Crippen molar-refractivity contribution in [3.05, 3.63) is 77.9 Å². The number of carbonyl (C=O) groups excluding carboxylic acids is 13. The number of urea groups is 1. The van der Waals surface area contributed by atoms with Crippen LogP contribution in [0.15, 0.2) is 66.7 Å². The molecule has 14 amide bonds. The van der Waals surface area contributed by atoms with Crippen LogP contribution < -0.4 is 43.0 Å². The number of unbranched alkanes of at least 4 members (excludes halogenated alkanes) is 2. The van der Waals surface area contributed by atoms with Gasteiger partial charge in [-0.1, -0.05) is 118 Å². The number of imide groups is 1. The smallest absolute Gasteiger partial charge is 0.410 e. The van der Waals surface area contributed by atoms with Gasteiger partial charge >= 0.3 is 12.1 Å². The summed E-state index contributed by atoms with van der Waals surface area (Å²) in [6, 6.07) is 7.91. The fourth-order valence-corrected chi connectivity index (χ4v) is 14.6. The number of aliphatic hydroxyl groups excluding tert-OH is 1. The van der Waals surface area contributed by atoms with Crippen molar-refractivity contribution in [2.45, 2.75) is 201 Å². The fraction of sp³-hybridized carbons (Fsp3) is 0.697. The maximum atomic E-state index is 14.9. The number of nitrogens with two attached hydrogens (primary N) is 1. The zero-order chi connectivity index (χ0) is 93.9. The number of amides is 14. The first-order chi connectivity index (χ1) is 60.7. The van der Waals surface area contributed by atoms with Gasteiger partial charge < -0.3 is 115 Å². The summed E-state index contributed by atoms with van der Waals surface area (Å²) in [6.07, 6.45) is 1.87. The number of methoxy groups -OCH3 is 3. The van der Waals surface area contributed by atoms with E-state index in [4.69, 9.17) is 57.8 Å². The Bertz CT molecular complexity index is 3680. The van der Waals surface area contributed by atoms with E-state index in [9.17, 15) is 67.4 Å². The maximum absolute atomic E-state index is 14.9. The zero-order valence-electron chi connectivity index (χ0n) is 77.2. The molecule has 127 heavy (non-hydrogen) atoms. The predicted octanol–water partition coefficient (Wildman–Crippen LogP) is 3.78. The van der Waals surface area contributed by atoms with Crippen LogP contribution in [-0.4, -0.2) is 335 Å². The third-order valence-corrected chi connectivity index (χ3v) is 22.0. The number of rotatable bonds is 66. The predicted molar refractivity (Wildman–Crippen MR) is 471 cm³/mol. The van der Waals surface area contributed by atoms with Gasteiger partial charge in [-0.05, 0) is 92.4 Å². The maximum Gasteiger partial charge on any atom is 0.410 e. The van der Waals surface area contributed by atoms with E-state index in [2.05, 4.69) is 37.2 Å². The molecule has 2 aliphatic heterocycles. The van der Waals surface area contributed by atoms with Crippen LogP contribution in [0.5, 0.6) is 0 Å². The molecule has 10 N–H and O–H groups in total. The first-order valence-corrected chi connectivity index (χ1v) is 44.2. The fourth-order valence-electron chi connectivity index (χ4n) is 14.6. The van der Waals surface area contributed by atoms with Crippen LogP contribution >= 0.6 is 0 Å². The number of likely N-dealkylation sites (N-methyl/N-ethyl adjacent to an activating group) is 2. The van der Waals surface area contributed by atoms with Crippen molar-refractivity contribution in [1.82, 2.24) is 56.4 Å². The number of likely N-dealkylation sites (tertiary alicyclic amines) is 1. The molecule has 0 radical (unpaired) electrons. The van der Waals surface area contributed by atoms with Crippen LogP contribution in [0.1, 0.15) is 151 Å². The molecule has 0 spiro atoms. The van der Waals surface area contributed by atoms with E-state index in [1.165, 1.54) is 50.5 Å². The average molecular weight is 1800 g/mol. The number of hydrogen-bond donors (Lipinski definition) is 9. The highest BCUT2D eigenvalue weighted by atomic mass is 16.6. The number of hydrogen-bond acceptors (Lipinski definition) is 25. The van der Waals surface area contributed by atoms with Gasteiger partial charge in [0, 0.05) is 85.9 Å². The Labute approximate surface area is 748 Å². The van der Waals surface area contributed by atoms with E-state index in [-0.39, 0.29) is 102 Å². The summed E-state index contributed by atoms with van der Waals surface area (Å²) in [5.41, 5.74) is 6.72. The summed E-state index contributed by atoms with van der Waals surface area (Å²) in [4.78, 5) is 184. The second-order valence-electron chi connectivity index (χ2n) is 32.6. The lowest BCUT2D eigenvalue weighted by atomic mass is 9.89. The molecule has 2 aromatic rings. The Morgan fingerprint density at radius 3 is 1.66 bits per heavy atom. The number of carbonyl (C=O) groups is 13. The van der Waals surface area contributed by atoms with Crippen molar-refractivity contribution >= 4 is 82.8 Å². The summed E-state index contributed by atoms with van der Waals surface area (Å²) in [5, 5.41) is 30.2. The topological polar surface area (TPSA) is 470 Å². The second kappa shape index (κ2) is 61.2. The number of nitrogens with zero attached hydrogens (tertiary/aromatic N) is 5. The number of benzene rings is 2. The lowest BCUT2D eigenvalue weighted by Gasteiger charge is -2.41. The van der Waals surface area contributed by atoms with Gasteiger partial charge in [0.05, 0.1) is 148 Å². The molecule has 0 unspecified atom stereocenters. The first kappa shape index (κ1) is 110. The molecule has 12 atom stereocenters. The van der Waals surface area contributed by atoms with E-state index >= 15 is 0 Å². The lowest BCUT2D eigenvalue weighted by Crippen LogP contribution is -2.60. The van der Waals surface area contributed by atoms with E-state index in [0.29, 0.717) is 129 Å². The van der Waals surface area contributed by atoms with Crippen molar-refractivity contribution < 1.29 is 120 Å². The van der Waals surface area contributed by atoms with Crippen LogP contribution in [0.2, 0.25) is 0 Å². The van der Waals surface area contributed by atoms with Gasteiger partial charge in [0.15, 0.2) is 0 Å². The van der Waals surface area contributed by atoms with Gasteiger partial charge in [-0.25, -0.2) is 9.59 Å². The van der Waals surface area contributed by atoms with Crippen molar-refractivity contribution in [3.8, 4) is 0 Å². The summed E-state index contributed by atoms with van der Waals surface area (Å²) in [5.74, 6) is -8.43. The minimum absolute atomic E-state index is 0.0297. The molecule has 0 aromatic heterocycles. The van der Waals surface area contributed by atoms with Gasteiger partial charge in [0.2, 0.25) is 53.2 Å². The van der Waals surface area contributed by atoms with Crippen molar-refractivity contribution in [3.63, 3.8) is 0 Å². The van der Waals surface area contributed by atoms with Crippen LogP contribution in [0.25, 0.3) is 0 Å². The number of anilines is 1. The zero-order valence-corrected chi connectivity index (χ0v) is 77.2. The molecule has 38 heteroatoms. The molecule has 716 valence electrons. The van der Waals surface area contributed by atoms with Gasteiger partial charge in [-0.3, -0.25) is 62.5 Å². The highest BCUT2D eigenvalue weighted by molar-refractivity contribution is 6.13. The summed E-state index contributed by atoms with van der Waals surface area (Å²) in [6.45, 7) is 22.6. The highest BCUT2D eigenvalue weighted by Crippen LogP contribution is 2.31. The van der Waals surface area contributed by atoms with E-state index in [1.807, 2.05) is 32.0 Å². The molecule has 0 aliphatic carbocycles. The highest BCUT2D eigenvalue weighted by Gasteiger charge is 2.45. The number of nitrogens with one attached hydrogen (secondary N) is 7. The standard InChI is InChI=1S/C89H145N13O25/c1-16-62(8)80(70(118-14)55-76(108)101-39-24-28-69(101)82(119-15)63(9)83(110)93-64(10)81(109)66-25-19-17-20-26-66)98(11)87(114)78(60(4)5)97-86(113)79(61(6)7)99(12)89(116)127-58-65-30-32-67(33-31-65)94-84(111)68(27-23-36-92-88(90)115)95-85(112)77(59(2)3)96-72(104)57-100(73(105)29-21-18-22-38-102-74(106)34-35-75(102)107)56-71(103)91-37-40-120-43-44-122-47-48-124-51-52-126-54-53-125-50-49-123-46-45-121-42-41-117-13/h17,19-20,25-26,30-35,59-64,68-70,77-82,109H,16,18,21-24,27-29,36-58H2,1-15H3,(H,91,103)(H,93,110)(H,94,111)(H,95,112)(H,96,104)(H,97,113)(H3,90,92,115)/t62-,63+,64+,68-,69-,70+,77-,78-,79-,80-,81+,82+/m0/s1. The molecule has 2 heterocycles. The van der Waals surface area contributed by atoms with Crippen molar-refractivity contribution in [1.29, 1.82) is 0 Å². The average Bonchev–Trinajstić information content (AvgIpc) is 1.79. The Hall–Kier alpha value is -9.35. The van der Waals surface area contributed by atoms with Crippen molar-refractivity contribution in [2.24, 2.45) is 35.3 Å². The van der Waals surface area contributed by atoms with E-state index < -0.39 is 163 Å². The third kappa shape index (κ3) is 40.1. The second-order valence-corrected chi connectivity index (χ2v) is 32.6. The minimum Gasteiger partial charge on any atom is -0.445 e. The molecule has 4 rings (SSSR count). The summed E-state index contributed by atoms with van der Waals surface area (Å²) in [7, 11) is 7.64. The Morgan fingerprint density at radius 1 is 0.575 bits per heavy atom. The number of aliphatic hydroxyl groups is 1. The first-order valence-electron chi connectivity index (χ1n) is 44.2.